The first-order valence-corrected chi connectivity index (χ1v) is 3.14. The second-order valence-corrected chi connectivity index (χ2v) is 2.26. The molecule has 8 heavy (non-hydrogen) atoms. The highest BCUT2D eigenvalue weighted by Gasteiger charge is 1.99. The van der Waals surface area contributed by atoms with E-state index in [1.807, 2.05) is 0 Å². The van der Waals surface area contributed by atoms with Crippen LogP contribution in [0.2, 0.25) is 0 Å². The van der Waals surface area contributed by atoms with Crippen molar-refractivity contribution in [2.24, 2.45) is 0 Å². The van der Waals surface area contributed by atoms with Crippen LogP contribution in [-0.4, -0.2) is 13.2 Å². The average Bonchev–Trinajstić information content (AvgIpc) is 1.94. The first-order chi connectivity index (χ1) is 3.89. The molecule has 0 unspecified atom stereocenters. The maximum atomic E-state index is 5.21. The lowest BCUT2D eigenvalue weighted by Gasteiger charge is -1.95. The summed E-state index contributed by atoms with van der Waals surface area (Å²) in [6.45, 7) is 5.57. The molecule has 0 saturated carbocycles. The minimum Gasteiger partial charge on any atom is -0.377 e. The lowest BCUT2D eigenvalue weighted by atomic mass is 10.2. The van der Waals surface area contributed by atoms with Gasteiger partial charge in [-0.3, -0.25) is 0 Å². The van der Waals surface area contributed by atoms with E-state index in [-0.39, 0.29) is 0 Å². The maximum absolute atomic E-state index is 5.21. The Hall–Kier alpha value is -0.300. The van der Waals surface area contributed by atoms with E-state index in [0.29, 0.717) is 0 Å². The molecule has 0 atom stereocenters. The zero-order valence-corrected chi connectivity index (χ0v) is 5.15. The third-order valence-electron chi connectivity index (χ3n) is 1.38. The van der Waals surface area contributed by atoms with E-state index >= 15 is 0 Å². The molecule has 1 rings (SSSR count). The minimum absolute atomic E-state index is 0.792. The van der Waals surface area contributed by atoms with Crippen molar-refractivity contribution in [1.29, 1.82) is 0 Å². The molecule has 0 N–H and O–H groups in total. The third-order valence-corrected chi connectivity index (χ3v) is 1.38. The van der Waals surface area contributed by atoms with Gasteiger partial charge in [-0.25, -0.2) is 0 Å². The van der Waals surface area contributed by atoms with E-state index in [4.69, 9.17) is 4.74 Å². The molecule has 1 aliphatic heterocycles. The normalized spacial score (nSPS) is 22.8. The highest BCUT2D eigenvalue weighted by atomic mass is 16.5. The lowest BCUT2D eigenvalue weighted by Crippen LogP contribution is -1.92. The molecule has 1 fully saturated rings. The van der Waals surface area contributed by atoms with E-state index in [0.717, 1.165) is 13.2 Å². The zero-order chi connectivity index (χ0) is 5.82. The SMILES string of the molecule is C=C1CCCCOC1. The molecule has 1 heterocycles. The first-order valence-electron chi connectivity index (χ1n) is 3.14. The maximum Gasteiger partial charge on any atom is 0.0674 e. The average molecular weight is 112 g/mol. The molecule has 46 valence electrons. The van der Waals surface area contributed by atoms with Crippen molar-refractivity contribution >= 4 is 0 Å². The number of hydrogen-bond acceptors (Lipinski definition) is 1. The van der Waals surface area contributed by atoms with Gasteiger partial charge in [0.15, 0.2) is 0 Å². The van der Waals surface area contributed by atoms with E-state index in [9.17, 15) is 0 Å². The van der Waals surface area contributed by atoms with Crippen LogP contribution in [0.25, 0.3) is 0 Å². The van der Waals surface area contributed by atoms with Crippen molar-refractivity contribution in [1.82, 2.24) is 0 Å². The molecule has 0 spiro atoms. The van der Waals surface area contributed by atoms with Crippen molar-refractivity contribution in [3.63, 3.8) is 0 Å². The molecule has 0 aromatic carbocycles. The van der Waals surface area contributed by atoms with Crippen LogP contribution in [0.3, 0.4) is 0 Å². The van der Waals surface area contributed by atoms with E-state index in [2.05, 4.69) is 6.58 Å². The number of ether oxygens (including phenoxy) is 1. The van der Waals surface area contributed by atoms with Gasteiger partial charge in [0.25, 0.3) is 0 Å². The Morgan fingerprint density at radius 3 is 3.12 bits per heavy atom. The zero-order valence-electron chi connectivity index (χ0n) is 5.15. The standard InChI is InChI=1S/C7H12O/c1-7-4-2-3-5-8-6-7/h1-6H2. The molecule has 0 aliphatic carbocycles. The topological polar surface area (TPSA) is 9.23 Å². The summed E-state index contributed by atoms with van der Waals surface area (Å²) in [5, 5.41) is 0. The van der Waals surface area contributed by atoms with Gasteiger partial charge in [0, 0.05) is 6.61 Å². The van der Waals surface area contributed by atoms with Crippen LogP contribution in [0.4, 0.5) is 0 Å². The summed E-state index contributed by atoms with van der Waals surface area (Å²) in [5.41, 5.74) is 1.25. The van der Waals surface area contributed by atoms with E-state index < -0.39 is 0 Å². The van der Waals surface area contributed by atoms with Crippen LogP contribution in [0.5, 0.6) is 0 Å². The van der Waals surface area contributed by atoms with Crippen molar-refractivity contribution in [3.8, 4) is 0 Å². The molecule has 0 aromatic heterocycles. The van der Waals surface area contributed by atoms with Crippen LogP contribution in [0.15, 0.2) is 12.2 Å². The Kier molecular flexibility index (Phi) is 2.10. The van der Waals surface area contributed by atoms with Gasteiger partial charge in [-0.2, -0.15) is 0 Å². The van der Waals surface area contributed by atoms with Gasteiger partial charge < -0.3 is 4.74 Å². The van der Waals surface area contributed by atoms with Gasteiger partial charge in [0.1, 0.15) is 0 Å². The molecular weight excluding hydrogens is 100 g/mol. The second kappa shape index (κ2) is 2.88. The largest absolute Gasteiger partial charge is 0.377 e. The second-order valence-electron chi connectivity index (χ2n) is 2.26. The van der Waals surface area contributed by atoms with Gasteiger partial charge in [-0.05, 0) is 19.3 Å². The van der Waals surface area contributed by atoms with E-state index in [1.54, 1.807) is 0 Å². The summed E-state index contributed by atoms with van der Waals surface area (Å²) in [6.07, 6.45) is 3.64. The quantitative estimate of drug-likeness (QED) is 0.434. The molecule has 0 radical (unpaired) electrons. The Labute approximate surface area is 50.3 Å². The van der Waals surface area contributed by atoms with Crippen LogP contribution in [-0.2, 0) is 4.74 Å². The summed E-state index contributed by atoms with van der Waals surface area (Å²) in [4.78, 5) is 0. The van der Waals surface area contributed by atoms with Crippen molar-refractivity contribution < 1.29 is 4.74 Å². The molecule has 0 amide bonds. The summed E-state index contributed by atoms with van der Waals surface area (Å²) in [6, 6.07) is 0. The minimum atomic E-state index is 0.792. The van der Waals surface area contributed by atoms with Crippen molar-refractivity contribution in [2.45, 2.75) is 19.3 Å². The summed E-state index contributed by atoms with van der Waals surface area (Å²) in [7, 11) is 0. The Balaban J connectivity index is 2.27. The van der Waals surface area contributed by atoms with Crippen molar-refractivity contribution in [2.75, 3.05) is 13.2 Å². The molecule has 1 heteroatoms. The number of hydrogen-bond donors (Lipinski definition) is 0. The fraction of sp³-hybridized carbons (Fsp3) is 0.714. The van der Waals surface area contributed by atoms with Gasteiger partial charge in [-0.1, -0.05) is 12.2 Å². The van der Waals surface area contributed by atoms with E-state index in [1.165, 1.54) is 24.8 Å². The molecule has 1 saturated heterocycles. The van der Waals surface area contributed by atoms with Crippen LogP contribution < -0.4 is 0 Å². The van der Waals surface area contributed by atoms with Crippen LogP contribution >= 0.6 is 0 Å². The molecule has 0 aromatic rings. The fourth-order valence-electron chi connectivity index (χ4n) is 0.868. The smallest absolute Gasteiger partial charge is 0.0674 e. The van der Waals surface area contributed by atoms with Gasteiger partial charge in [0.2, 0.25) is 0 Å². The van der Waals surface area contributed by atoms with Crippen molar-refractivity contribution in [3.05, 3.63) is 12.2 Å². The Morgan fingerprint density at radius 1 is 1.38 bits per heavy atom. The monoisotopic (exact) mass is 112 g/mol. The van der Waals surface area contributed by atoms with Gasteiger partial charge in [0.05, 0.1) is 6.61 Å². The Bertz CT molecular complexity index is 76.4. The fourth-order valence-corrected chi connectivity index (χ4v) is 0.868. The highest BCUT2D eigenvalue weighted by molar-refractivity contribution is 4.94. The summed E-state index contributed by atoms with van der Waals surface area (Å²) < 4.78 is 5.21. The molecule has 0 bridgehead atoms. The number of rotatable bonds is 0. The third kappa shape index (κ3) is 1.66. The molecular formula is C7H12O. The van der Waals surface area contributed by atoms with Gasteiger partial charge in [-0.15, -0.1) is 0 Å². The summed E-state index contributed by atoms with van der Waals surface area (Å²) >= 11 is 0. The molecule has 1 aliphatic rings. The first kappa shape index (κ1) is 5.83. The predicted octanol–water partition coefficient (Wildman–Crippen LogP) is 1.74. The van der Waals surface area contributed by atoms with Crippen LogP contribution in [0, 0.1) is 0 Å². The lowest BCUT2D eigenvalue weighted by molar-refractivity contribution is 0.163. The molecule has 1 nitrogen and oxygen atoms in total. The summed E-state index contributed by atoms with van der Waals surface area (Å²) in [5.74, 6) is 0. The van der Waals surface area contributed by atoms with Gasteiger partial charge >= 0.3 is 0 Å². The predicted molar refractivity (Wildman–Crippen MR) is 33.8 cm³/mol. The van der Waals surface area contributed by atoms with Crippen LogP contribution in [0.1, 0.15) is 19.3 Å². The Morgan fingerprint density at radius 2 is 2.25 bits per heavy atom. The highest BCUT2D eigenvalue weighted by Crippen LogP contribution is 2.09.